The number of thiazole rings is 1. The van der Waals surface area contributed by atoms with Crippen LogP contribution in [0.2, 0.25) is 0 Å². The molecule has 1 saturated carbocycles. The lowest BCUT2D eigenvalue weighted by molar-refractivity contribution is -0.114. The summed E-state index contributed by atoms with van der Waals surface area (Å²) in [6.07, 6.45) is 5.17. The zero-order valence-electron chi connectivity index (χ0n) is 13.1. The van der Waals surface area contributed by atoms with E-state index in [4.69, 9.17) is 4.74 Å². The van der Waals surface area contributed by atoms with Gasteiger partial charge in [-0.1, -0.05) is 19.8 Å². The van der Waals surface area contributed by atoms with Gasteiger partial charge < -0.3 is 15.4 Å². The van der Waals surface area contributed by atoms with Crippen LogP contribution in [0.4, 0.5) is 5.13 Å². The molecular formula is C15H23N3O3S. The van der Waals surface area contributed by atoms with Gasteiger partial charge in [0.05, 0.1) is 12.7 Å². The molecule has 1 aliphatic carbocycles. The molecule has 1 heterocycles. The van der Waals surface area contributed by atoms with Crippen molar-refractivity contribution >= 4 is 28.3 Å². The average Bonchev–Trinajstić information content (AvgIpc) is 2.93. The number of ether oxygens (including phenoxy) is 1. The average molecular weight is 325 g/mol. The van der Waals surface area contributed by atoms with E-state index in [1.165, 1.54) is 37.5 Å². The molecule has 122 valence electrons. The van der Waals surface area contributed by atoms with Crippen LogP contribution in [0.1, 0.15) is 50.0 Å². The highest BCUT2D eigenvalue weighted by Gasteiger charge is 2.21. The SMILES string of the molecule is CC(=O)Nc1nc(C(=O)NCCO[C@H]2CCCC[C@H]2C)cs1. The molecule has 0 bridgehead atoms. The van der Waals surface area contributed by atoms with Crippen molar-refractivity contribution in [3.05, 3.63) is 11.1 Å². The number of carbonyl (C=O) groups excluding carboxylic acids is 2. The second kappa shape index (κ2) is 8.24. The lowest BCUT2D eigenvalue weighted by Gasteiger charge is -2.28. The molecule has 22 heavy (non-hydrogen) atoms. The van der Waals surface area contributed by atoms with Gasteiger partial charge >= 0.3 is 0 Å². The summed E-state index contributed by atoms with van der Waals surface area (Å²) in [5.41, 5.74) is 0.319. The summed E-state index contributed by atoms with van der Waals surface area (Å²) in [5.74, 6) is 0.160. The van der Waals surface area contributed by atoms with E-state index in [0.717, 1.165) is 6.42 Å². The quantitative estimate of drug-likeness (QED) is 0.787. The molecule has 0 aliphatic heterocycles. The fraction of sp³-hybridized carbons (Fsp3) is 0.667. The fourth-order valence-electron chi connectivity index (χ4n) is 2.58. The predicted molar refractivity (Wildman–Crippen MR) is 86.1 cm³/mol. The van der Waals surface area contributed by atoms with Crippen LogP contribution >= 0.6 is 11.3 Å². The fourth-order valence-corrected chi connectivity index (χ4v) is 3.32. The zero-order chi connectivity index (χ0) is 15.9. The molecule has 1 aliphatic rings. The van der Waals surface area contributed by atoms with E-state index < -0.39 is 0 Å². The van der Waals surface area contributed by atoms with Gasteiger partial charge in [0.15, 0.2) is 5.13 Å². The smallest absolute Gasteiger partial charge is 0.270 e. The topological polar surface area (TPSA) is 80.3 Å². The summed E-state index contributed by atoms with van der Waals surface area (Å²) in [6, 6.07) is 0. The highest BCUT2D eigenvalue weighted by atomic mass is 32.1. The third kappa shape index (κ3) is 5.06. The molecule has 0 aromatic carbocycles. The summed E-state index contributed by atoms with van der Waals surface area (Å²) in [5, 5.41) is 7.41. The summed E-state index contributed by atoms with van der Waals surface area (Å²) in [7, 11) is 0. The first kappa shape index (κ1) is 16.9. The Hall–Kier alpha value is -1.47. The van der Waals surface area contributed by atoms with E-state index in [1.54, 1.807) is 5.38 Å². The second-order valence-electron chi connectivity index (χ2n) is 5.65. The molecule has 0 spiro atoms. The Morgan fingerprint density at radius 3 is 2.91 bits per heavy atom. The van der Waals surface area contributed by atoms with Crippen LogP contribution in [-0.4, -0.2) is 36.1 Å². The van der Waals surface area contributed by atoms with Gasteiger partial charge in [-0.3, -0.25) is 9.59 Å². The number of aromatic nitrogens is 1. The largest absolute Gasteiger partial charge is 0.376 e. The Morgan fingerprint density at radius 1 is 1.41 bits per heavy atom. The summed E-state index contributed by atoms with van der Waals surface area (Å²) in [4.78, 5) is 26.9. The van der Waals surface area contributed by atoms with Crippen molar-refractivity contribution in [2.24, 2.45) is 5.92 Å². The minimum absolute atomic E-state index is 0.198. The first-order chi connectivity index (χ1) is 10.6. The molecule has 1 aromatic rings. The minimum Gasteiger partial charge on any atom is -0.376 e. The number of hydrogen-bond acceptors (Lipinski definition) is 5. The van der Waals surface area contributed by atoms with Gasteiger partial charge in [0.1, 0.15) is 5.69 Å². The molecule has 2 atom stereocenters. The van der Waals surface area contributed by atoms with E-state index in [-0.39, 0.29) is 11.8 Å². The van der Waals surface area contributed by atoms with E-state index in [2.05, 4.69) is 22.5 Å². The Balaban J connectivity index is 1.69. The molecule has 0 unspecified atom stereocenters. The molecule has 0 radical (unpaired) electrons. The van der Waals surface area contributed by atoms with E-state index >= 15 is 0 Å². The van der Waals surface area contributed by atoms with Gasteiger partial charge in [-0.15, -0.1) is 11.3 Å². The third-order valence-electron chi connectivity index (χ3n) is 3.77. The number of anilines is 1. The minimum atomic E-state index is -0.242. The Labute approximate surface area is 134 Å². The van der Waals surface area contributed by atoms with Gasteiger partial charge in [-0.05, 0) is 18.8 Å². The molecule has 2 N–H and O–H groups in total. The predicted octanol–water partition coefficient (Wildman–Crippen LogP) is 2.43. The number of rotatable bonds is 6. The molecule has 6 nitrogen and oxygen atoms in total. The first-order valence-corrected chi connectivity index (χ1v) is 8.57. The van der Waals surface area contributed by atoms with Crippen molar-refractivity contribution < 1.29 is 14.3 Å². The molecule has 2 amide bonds. The number of amides is 2. The first-order valence-electron chi connectivity index (χ1n) is 7.69. The highest BCUT2D eigenvalue weighted by Crippen LogP contribution is 2.26. The van der Waals surface area contributed by atoms with Crippen LogP contribution in [0.5, 0.6) is 0 Å². The lowest BCUT2D eigenvalue weighted by Crippen LogP contribution is -2.32. The van der Waals surface area contributed by atoms with Crippen LogP contribution < -0.4 is 10.6 Å². The Kier molecular flexibility index (Phi) is 6.33. The highest BCUT2D eigenvalue weighted by molar-refractivity contribution is 7.14. The maximum atomic E-state index is 11.9. The van der Waals surface area contributed by atoms with Gasteiger partial charge in [0, 0.05) is 18.8 Å². The van der Waals surface area contributed by atoms with Crippen LogP contribution in [0.3, 0.4) is 0 Å². The second-order valence-corrected chi connectivity index (χ2v) is 6.50. The third-order valence-corrected chi connectivity index (χ3v) is 4.53. The molecule has 7 heteroatoms. The molecule has 2 rings (SSSR count). The van der Waals surface area contributed by atoms with E-state index in [9.17, 15) is 9.59 Å². The number of nitrogens with one attached hydrogen (secondary N) is 2. The summed E-state index contributed by atoms with van der Waals surface area (Å²) < 4.78 is 5.85. The van der Waals surface area contributed by atoms with Crippen LogP contribution in [0, 0.1) is 5.92 Å². The maximum absolute atomic E-state index is 11.9. The molecule has 1 aromatic heterocycles. The van der Waals surface area contributed by atoms with Crippen molar-refractivity contribution in [2.75, 3.05) is 18.5 Å². The molecule has 0 saturated heterocycles. The van der Waals surface area contributed by atoms with E-state index in [1.807, 2.05) is 0 Å². The van der Waals surface area contributed by atoms with Crippen molar-refractivity contribution in [2.45, 2.75) is 45.6 Å². The van der Waals surface area contributed by atoms with Crippen molar-refractivity contribution in [3.8, 4) is 0 Å². The molecular weight excluding hydrogens is 302 g/mol. The zero-order valence-corrected chi connectivity index (χ0v) is 13.9. The van der Waals surface area contributed by atoms with Gasteiger partial charge in [0.2, 0.25) is 5.91 Å². The van der Waals surface area contributed by atoms with E-state index in [0.29, 0.717) is 36.0 Å². The van der Waals surface area contributed by atoms with Crippen molar-refractivity contribution in [1.82, 2.24) is 10.3 Å². The molecule has 1 fully saturated rings. The maximum Gasteiger partial charge on any atom is 0.270 e. The number of carbonyl (C=O) groups is 2. The normalized spacial score (nSPS) is 21.4. The Morgan fingerprint density at radius 2 is 2.18 bits per heavy atom. The van der Waals surface area contributed by atoms with Crippen molar-refractivity contribution in [3.63, 3.8) is 0 Å². The van der Waals surface area contributed by atoms with Crippen molar-refractivity contribution in [1.29, 1.82) is 0 Å². The van der Waals surface area contributed by atoms with Gasteiger partial charge in [-0.25, -0.2) is 4.98 Å². The lowest BCUT2D eigenvalue weighted by atomic mass is 9.88. The summed E-state index contributed by atoms with van der Waals surface area (Å²) in [6.45, 7) is 4.62. The van der Waals surface area contributed by atoms with Gasteiger partial charge in [0.25, 0.3) is 5.91 Å². The Bertz CT molecular complexity index is 518. The standard InChI is InChI=1S/C15H23N3O3S/c1-10-5-3-4-6-13(10)21-8-7-16-14(20)12-9-22-15(18-12)17-11(2)19/h9-10,13H,3-8H2,1-2H3,(H,16,20)(H,17,18,19)/t10-,13+/m1/s1. The number of nitrogens with zero attached hydrogens (tertiary/aromatic N) is 1. The van der Waals surface area contributed by atoms with Gasteiger partial charge in [-0.2, -0.15) is 0 Å². The van der Waals surface area contributed by atoms with Crippen LogP contribution in [-0.2, 0) is 9.53 Å². The number of hydrogen-bond donors (Lipinski definition) is 2. The monoisotopic (exact) mass is 325 g/mol. The summed E-state index contributed by atoms with van der Waals surface area (Å²) >= 11 is 1.23. The van der Waals surface area contributed by atoms with Crippen LogP contribution in [0.25, 0.3) is 0 Å². The van der Waals surface area contributed by atoms with Crippen LogP contribution in [0.15, 0.2) is 5.38 Å².